The molecule has 1 heterocycles. The molecule has 146 valence electrons. The molecular weight excluding hydrogens is 374 g/mol. The molecule has 0 N–H and O–H groups in total. The van der Waals surface area contributed by atoms with Gasteiger partial charge < -0.3 is 4.74 Å². The highest BCUT2D eigenvalue weighted by molar-refractivity contribution is 7.89. The Balaban J connectivity index is 1.88. The summed E-state index contributed by atoms with van der Waals surface area (Å²) in [5.41, 5.74) is 2.36. The van der Waals surface area contributed by atoms with Gasteiger partial charge in [0.2, 0.25) is 10.0 Å². The van der Waals surface area contributed by atoms with E-state index in [4.69, 9.17) is 4.74 Å². The molecule has 2 aromatic carbocycles. The van der Waals surface area contributed by atoms with Gasteiger partial charge in [0.05, 0.1) is 23.6 Å². The minimum absolute atomic E-state index is 0.143. The van der Waals surface area contributed by atoms with Gasteiger partial charge >= 0.3 is 5.97 Å². The highest BCUT2D eigenvalue weighted by Gasteiger charge is 2.39. The van der Waals surface area contributed by atoms with E-state index in [2.05, 4.69) is 0 Å². The Morgan fingerprint density at radius 2 is 1.82 bits per heavy atom. The Labute approximate surface area is 166 Å². The van der Waals surface area contributed by atoms with Crippen LogP contribution in [0.5, 0.6) is 0 Å². The number of carbonyl (C=O) groups excluding carboxylic acids is 1. The zero-order chi connectivity index (χ0) is 20.1. The predicted octanol–water partition coefficient (Wildman–Crippen LogP) is 3.57. The van der Waals surface area contributed by atoms with Gasteiger partial charge in [-0.2, -0.15) is 4.31 Å². The number of ether oxygens (including phenoxy) is 1. The number of hydrogen-bond acceptors (Lipinski definition) is 4. The summed E-state index contributed by atoms with van der Waals surface area (Å²) in [6.45, 7) is 2.05. The van der Waals surface area contributed by atoms with Crippen molar-refractivity contribution in [3.05, 3.63) is 83.4 Å². The summed E-state index contributed by atoms with van der Waals surface area (Å²) in [5.74, 6) is -0.500. The Bertz CT molecular complexity index is 993. The van der Waals surface area contributed by atoms with Crippen LogP contribution in [0.25, 0.3) is 6.08 Å². The first-order chi connectivity index (χ1) is 13.4. The average molecular weight is 397 g/mol. The Hall–Kier alpha value is -2.70. The first-order valence-electron chi connectivity index (χ1n) is 9.02. The molecule has 0 spiro atoms. The van der Waals surface area contributed by atoms with Gasteiger partial charge in [-0.15, -0.1) is 0 Å². The van der Waals surface area contributed by atoms with Crippen molar-refractivity contribution in [2.24, 2.45) is 0 Å². The van der Waals surface area contributed by atoms with Crippen LogP contribution in [0.1, 0.15) is 17.5 Å². The summed E-state index contributed by atoms with van der Waals surface area (Å²) in [4.78, 5) is 12.4. The number of methoxy groups -OCH3 is 1. The molecule has 2 aromatic rings. The van der Waals surface area contributed by atoms with Gasteiger partial charge in [-0.05, 0) is 31.0 Å². The number of hydrogen-bond donors (Lipinski definition) is 0. The van der Waals surface area contributed by atoms with Crippen LogP contribution in [0.4, 0.5) is 0 Å². The maximum absolute atomic E-state index is 13.2. The zero-order valence-corrected chi connectivity index (χ0v) is 16.7. The third kappa shape index (κ3) is 4.24. The van der Waals surface area contributed by atoms with Crippen molar-refractivity contribution < 1.29 is 17.9 Å². The van der Waals surface area contributed by atoms with Crippen LogP contribution in [-0.2, 0) is 19.6 Å². The smallest absolute Gasteiger partial charge is 0.335 e. The minimum Gasteiger partial charge on any atom is -0.466 e. The minimum atomic E-state index is -3.73. The molecule has 1 atom stereocenters. The molecule has 28 heavy (non-hydrogen) atoms. The Morgan fingerprint density at radius 1 is 1.14 bits per heavy atom. The van der Waals surface area contributed by atoms with E-state index in [1.807, 2.05) is 49.4 Å². The fourth-order valence-electron chi connectivity index (χ4n) is 3.20. The topological polar surface area (TPSA) is 63.7 Å². The highest BCUT2D eigenvalue weighted by atomic mass is 32.2. The van der Waals surface area contributed by atoms with Crippen LogP contribution in [0.15, 0.2) is 77.2 Å². The SMILES string of the molecule is COC(=O)C1=CCN(S(=O)(=O)c2ccc(C)cc2)C1C/C=C/c1ccccc1. The maximum atomic E-state index is 13.2. The van der Waals surface area contributed by atoms with Crippen LogP contribution < -0.4 is 0 Å². The summed E-state index contributed by atoms with van der Waals surface area (Å²) in [7, 11) is -2.43. The van der Waals surface area contributed by atoms with Crippen molar-refractivity contribution in [2.45, 2.75) is 24.3 Å². The molecule has 0 amide bonds. The van der Waals surface area contributed by atoms with Crippen molar-refractivity contribution >= 4 is 22.1 Å². The number of carbonyl (C=O) groups is 1. The average Bonchev–Trinajstić information content (AvgIpc) is 3.13. The molecule has 0 saturated carbocycles. The van der Waals surface area contributed by atoms with Crippen molar-refractivity contribution in [1.82, 2.24) is 4.31 Å². The summed E-state index contributed by atoms with van der Waals surface area (Å²) in [6.07, 6.45) is 5.82. The third-order valence-corrected chi connectivity index (χ3v) is 6.60. The normalized spacial score (nSPS) is 17.6. The second-order valence-electron chi connectivity index (χ2n) is 6.60. The first-order valence-corrected chi connectivity index (χ1v) is 10.5. The molecule has 0 bridgehead atoms. The lowest BCUT2D eigenvalue weighted by Gasteiger charge is -2.25. The number of rotatable bonds is 6. The molecule has 1 aliphatic heterocycles. The largest absolute Gasteiger partial charge is 0.466 e. The fraction of sp³-hybridized carbons (Fsp3) is 0.227. The van der Waals surface area contributed by atoms with Gasteiger partial charge in [0, 0.05) is 6.54 Å². The van der Waals surface area contributed by atoms with Gasteiger partial charge in [-0.3, -0.25) is 0 Å². The predicted molar refractivity (Wildman–Crippen MR) is 109 cm³/mol. The molecule has 3 rings (SSSR count). The van der Waals surface area contributed by atoms with E-state index < -0.39 is 22.0 Å². The van der Waals surface area contributed by atoms with Gasteiger partial charge in [0.25, 0.3) is 0 Å². The molecule has 5 nitrogen and oxygen atoms in total. The van der Waals surface area contributed by atoms with E-state index in [0.717, 1.165) is 11.1 Å². The Kier molecular flexibility index (Phi) is 6.11. The lowest BCUT2D eigenvalue weighted by molar-refractivity contribution is -0.136. The van der Waals surface area contributed by atoms with Crippen LogP contribution in [-0.4, -0.2) is 38.4 Å². The first kappa shape index (κ1) is 20.0. The van der Waals surface area contributed by atoms with Gasteiger partial charge in [0.15, 0.2) is 0 Å². The van der Waals surface area contributed by atoms with Gasteiger partial charge in [0.1, 0.15) is 0 Å². The third-order valence-electron chi connectivity index (χ3n) is 4.72. The molecule has 0 aliphatic carbocycles. The van der Waals surface area contributed by atoms with Gasteiger partial charge in [-0.1, -0.05) is 66.3 Å². The van der Waals surface area contributed by atoms with Crippen LogP contribution in [0, 0.1) is 6.92 Å². The fourth-order valence-corrected chi connectivity index (χ4v) is 4.75. The summed E-state index contributed by atoms with van der Waals surface area (Å²) >= 11 is 0. The molecule has 6 heteroatoms. The molecule has 0 saturated heterocycles. The molecule has 1 unspecified atom stereocenters. The van der Waals surface area contributed by atoms with E-state index in [1.54, 1.807) is 30.3 Å². The van der Waals surface area contributed by atoms with Crippen LogP contribution in [0.2, 0.25) is 0 Å². The van der Waals surface area contributed by atoms with Crippen molar-refractivity contribution in [1.29, 1.82) is 0 Å². The zero-order valence-electron chi connectivity index (χ0n) is 15.9. The molecule has 0 radical (unpaired) electrons. The van der Waals surface area contributed by atoms with E-state index >= 15 is 0 Å². The molecule has 1 aliphatic rings. The van der Waals surface area contributed by atoms with E-state index in [0.29, 0.717) is 12.0 Å². The number of nitrogens with zero attached hydrogens (tertiary/aromatic N) is 1. The second-order valence-corrected chi connectivity index (χ2v) is 8.49. The number of sulfonamides is 1. The van der Waals surface area contributed by atoms with E-state index in [-0.39, 0.29) is 11.4 Å². The highest BCUT2D eigenvalue weighted by Crippen LogP contribution is 2.29. The summed E-state index contributed by atoms with van der Waals surface area (Å²) in [6, 6.07) is 15.8. The van der Waals surface area contributed by atoms with Crippen molar-refractivity contribution in [2.75, 3.05) is 13.7 Å². The maximum Gasteiger partial charge on any atom is 0.335 e. The summed E-state index contributed by atoms with van der Waals surface area (Å²) in [5, 5.41) is 0. The number of benzene rings is 2. The quantitative estimate of drug-likeness (QED) is 0.699. The lowest BCUT2D eigenvalue weighted by atomic mass is 10.1. The second kappa shape index (κ2) is 8.54. The van der Waals surface area contributed by atoms with E-state index in [1.165, 1.54) is 11.4 Å². The number of esters is 1. The van der Waals surface area contributed by atoms with Crippen LogP contribution >= 0.6 is 0 Å². The summed E-state index contributed by atoms with van der Waals surface area (Å²) < 4.78 is 32.5. The standard InChI is InChI=1S/C22H23NO4S/c1-17-11-13-19(14-12-17)28(25,26)23-16-15-20(22(24)27-2)21(23)10-6-9-18-7-4-3-5-8-18/h3-9,11-15,21H,10,16H2,1-2H3/b9-6+. The van der Waals surface area contributed by atoms with Crippen molar-refractivity contribution in [3.8, 4) is 0 Å². The van der Waals surface area contributed by atoms with Crippen LogP contribution in [0.3, 0.4) is 0 Å². The van der Waals surface area contributed by atoms with Crippen molar-refractivity contribution in [3.63, 3.8) is 0 Å². The Morgan fingerprint density at radius 3 is 2.46 bits per heavy atom. The molecule has 0 aromatic heterocycles. The molecule has 0 fully saturated rings. The van der Waals surface area contributed by atoms with Gasteiger partial charge in [-0.25, -0.2) is 13.2 Å². The molecular formula is C22H23NO4S. The van der Waals surface area contributed by atoms with E-state index in [9.17, 15) is 13.2 Å². The monoisotopic (exact) mass is 397 g/mol. The lowest BCUT2D eigenvalue weighted by Crippen LogP contribution is -2.38. The number of aryl methyl sites for hydroxylation is 1.